The lowest BCUT2D eigenvalue weighted by Gasteiger charge is -2.23. The Morgan fingerprint density at radius 1 is 1.36 bits per heavy atom. The van der Waals surface area contributed by atoms with E-state index in [0.29, 0.717) is 11.7 Å². The molecule has 0 N–H and O–H groups in total. The van der Waals surface area contributed by atoms with E-state index in [0.717, 1.165) is 31.8 Å². The lowest BCUT2D eigenvalue weighted by Crippen LogP contribution is -2.33. The zero-order chi connectivity index (χ0) is 9.97. The average molecular weight is 195 g/mol. The molecule has 0 heterocycles. The molecule has 0 aliphatic heterocycles. The highest BCUT2D eigenvalue weighted by atomic mass is 16.1. The summed E-state index contributed by atoms with van der Waals surface area (Å²) in [6.45, 7) is 4.47. The van der Waals surface area contributed by atoms with Gasteiger partial charge in [-0.05, 0) is 38.6 Å². The van der Waals surface area contributed by atoms with Gasteiger partial charge in [-0.25, -0.2) is 0 Å². The minimum atomic E-state index is 0.377. The normalized spacial score (nSPS) is 27.6. The van der Waals surface area contributed by atoms with Crippen molar-refractivity contribution in [3.8, 4) is 0 Å². The van der Waals surface area contributed by atoms with Crippen LogP contribution in [0.5, 0.6) is 0 Å². The van der Waals surface area contributed by atoms with Gasteiger partial charge in [-0.1, -0.05) is 6.92 Å². The molecule has 0 aromatic heterocycles. The largest absolute Gasteiger partial charge is 0.300 e. The molecule has 2 saturated carbocycles. The number of Topliss-reactive ketones (excluding diaryl/α,β-unsaturated/α-hetero) is 1. The molecule has 0 radical (unpaired) electrons. The topological polar surface area (TPSA) is 20.3 Å². The van der Waals surface area contributed by atoms with Gasteiger partial charge in [0.15, 0.2) is 0 Å². The summed E-state index contributed by atoms with van der Waals surface area (Å²) >= 11 is 0. The number of nitrogens with zero attached hydrogens (tertiary/aromatic N) is 1. The van der Waals surface area contributed by atoms with Crippen LogP contribution in [0.4, 0.5) is 0 Å². The third-order valence-electron chi connectivity index (χ3n) is 3.46. The van der Waals surface area contributed by atoms with E-state index in [9.17, 15) is 4.79 Å². The third kappa shape index (κ3) is 2.35. The van der Waals surface area contributed by atoms with Crippen LogP contribution in [0, 0.1) is 5.92 Å². The van der Waals surface area contributed by atoms with Crippen LogP contribution < -0.4 is 0 Å². The lowest BCUT2D eigenvalue weighted by molar-refractivity contribution is -0.121. The van der Waals surface area contributed by atoms with Crippen LogP contribution in [0.15, 0.2) is 0 Å². The second-order valence-electron chi connectivity index (χ2n) is 4.78. The van der Waals surface area contributed by atoms with Gasteiger partial charge in [0.2, 0.25) is 0 Å². The highest BCUT2D eigenvalue weighted by molar-refractivity contribution is 5.83. The van der Waals surface area contributed by atoms with Gasteiger partial charge < -0.3 is 0 Å². The van der Waals surface area contributed by atoms with Crippen LogP contribution in [-0.2, 0) is 4.79 Å². The first kappa shape index (κ1) is 10.2. The number of ketones is 1. The maximum Gasteiger partial charge on any atom is 0.137 e. The van der Waals surface area contributed by atoms with Gasteiger partial charge in [-0.3, -0.25) is 9.69 Å². The Morgan fingerprint density at radius 2 is 2.14 bits per heavy atom. The van der Waals surface area contributed by atoms with Crippen LogP contribution in [0.25, 0.3) is 0 Å². The Morgan fingerprint density at radius 3 is 2.64 bits per heavy atom. The van der Waals surface area contributed by atoms with E-state index >= 15 is 0 Å². The van der Waals surface area contributed by atoms with Crippen molar-refractivity contribution in [3.63, 3.8) is 0 Å². The van der Waals surface area contributed by atoms with Crippen LogP contribution in [-0.4, -0.2) is 29.8 Å². The quantitative estimate of drug-likeness (QED) is 0.670. The fraction of sp³-hybridized carbons (Fsp3) is 0.917. The van der Waals surface area contributed by atoms with Gasteiger partial charge in [0.25, 0.3) is 0 Å². The molecule has 2 heteroatoms. The van der Waals surface area contributed by atoms with Gasteiger partial charge >= 0.3 is 0 Å². The van der Waals surface area contributed by atoms with Crippen molar-refractivity contribution < 1.29 is 4.79 Å². The molecule has 0 aromatic carbocycles. The molecule has 0 saturated heterocycles. The van der Waals surface area contributed by atoms with Crippen LogP contribution in [0.3, 0.4) is 0 Å². The van der Waals surface area contributed by atoms with E-state index in [1.54, 1.807) is 0 Å². The smallest absolute Gasteiger partial charge is 0.137 e. The standard InChI is InChI=1S/C12H21NO/c1-2-8-13(11-6-7-11)9-10-4-3-5-12(10)14/h10-11H,2-9H2,1H3. The van der Waals surface area contributed by atoms with Gasteiger partial charge in [0.1, 0.15) is 5.78 Å². The Balaban J connectivity index is 1.83. The predicted molar refractivity (Wildman–Crippen MR) is 57.2 cm³/mol. The molecule has 2 aliphatic carbocycles. The molecule has 2 nitrogen and oxygen atoms in total. The molecular formula is C12H21NO. The average Bonchev–Trinajstić information content (AvgIpc) is 2.93. The first-order valence-corrected chi connectivity index (χ1v) is 6.08. The van der Waals surface area contributed by atoms with Gasteiger partial charge in [-0.2, -0.15) is 0 Å². The molecular weight excluding hydrogens is 174 g/mol. The first-order valence-electron chi connectivity index (χ1n) is 6.08. The SMILES string of the molecule is CCCN(CC1CCCC1=O)C1CC1. The highest BCUT2D eigenvalue weighted by Gasteiger charge is 2.33. The zero-order valence-electron chi connectivity index (χ0n) is 9.17. The van der Waals surface area contributed by atoms with Crippen molar-refractivity contribution >= 4 is 5.78 Å². The van der Waals surface area contributed by atoms with E-state index in [4.69, 9.17) is 0 Å². The Hall–Kier alpha value is -0.370. The van der Waals surface area contributed by atoms with Crippen molar-refractivity contribution in [1.29, 1.82) is 0 Å². The van der Waals surface area contributed by atoms with Crippen LogP contribution in [0.1, 0.15) is 45.4 Å². The third-order valence-corrected chi connectivity index (χ3v) is 3.46. The number of hydrogen-bond acceptors (Lipinski definition) is 2. The Kier molecular flexibility index (Phi) is 3.22. The predicted octanol–water partition coefficient (Wildman–Crippen LogP) is 2.23. The Bertz CT molecular complexity index is 210. The first-order chi connectivity index (χ1) is 6.81. The number of carbonyl (C=O) groups excluding carboxylic acids is 1. The molecule has 80 valence electrons. The Labute approximate surface area is 86.7 Å². The fourth-order valence-electron chi connectivity index (χ4n) is 2.51. The molecule has 0 bridgehead atoms. The van der Waals surface area contributed by atoms with Crippen molar-refractivity contribution in [2.45, 2.75) is 51.5 Å². The summed E-state index contributed by atoms with van der Waals surface area (Å²) in [4.78, 5) is 14.1. The molecule has 2 fully saturated rings. The minimum absolute atomic E-state index is 0.377. The molecule has 2 rings (SSSR count). The van der Waals surface area contributed by atoms with E-state index < -0.39 is 0 Å². The molecule has 14 heavy (non-hydrogen) atoms. The number of carbonyl (C=O) groups is 1. The molecule has 0 amide bonds. The molecule has 2 aliphatic rings. The van der Waals surface area contributed by atoms with Crippen molar-refractivity contribution in [2.75, 3.05) is 13.1 Å². The fourth-order valence-corrected chi connectivity index (χ4v) is 2.51. The molecule has 0 aromatic rings. The number of hydrogen-bond donors (Lipinski definition) is 0. The van der Waals surface area contributed by atoms with Crippen LogP contribution >= 0.6 is 0 Å². The summed E-state index contributed by atoms with van der Waals surface area (Å²) in [7, 11) is 0. The van der Waals surface area contributed by atoms with E-state index in [-0.39, 0.29) is 0 Å². The molecule has 1 atom stereocenters. The molecule has 1 unspecified atom stereocenters. The summed E-state index contributed by atoms with van der Waals surface area (Å²) in [5, 5.41) is 0. The van der Waals surface area contributed by atoms with Gasteiger partial charge in [-0.15, -0.1) is 0 Å². The second kappa shape index (κ2) is 4.43. The summed E-state index contributed by atoms with van der Waals surface area (Å²) in [5.41, 5.74) is 0. The van der Waals surface area contributed by atoms with Crippen molar-refractivity contribution in [1.82, 2.24) is 4.90 Å². The summed E-state index contributed by atoms with van der Waals surface area (Å²) < 4.78 is 0. The van der Waals surface area contributed by atoms with E-state index in [1.807, 2.05) is 0 Å². The summed E-state index contributed by atoms with van der Waals surface area (Å²) in [6.07, 6.45) is 7.06. The lowest BCUT2D eigenvalue weighted by atomic mass is 10.1. The van der Waals surface area contributed by atoms with Crippen LogP contribution in [0.2, 0.25) is 0 Å². The maximum atomic E-state index is 11.5. The maximum absolute atomic E-state index is 11.5. The highest BCUT2D eigenvalue weighted by Crippen LogP contribution is 2.30. The summed E-state index contributed by atoms with van der Waals surface area (Å²) in [5.74, 6) is 0.897. The van der Waals surface area contributed by atoms with E-state index in [2.05, 4.69) is 11.8 Å². The van der Waals surface area contributed by atoms with Crippen molar-refractivity contribution in [3.05, 3.63) is 0 Å². The second-order valence-corrected chi connectivity index (χ2v) is 4.78. The minimum Gasteiger partial charge on any atom is -0.300 e. The number of rotatable bonds is 5. The van der Waals surface area contributed by atoms with Gasteiger partial charge in [0.05, 0.1) is 0 Å². The van der Waals surface area contributed by atoms with Crippen molar-refractivity contribution in [2.24, 2.45) is 5.92 Å². The molecule has 0 spiro atoms. The zero-order valence-corrected chi connectivity index (χ0v) is 9.17. The van der Waals surface area contributed by atoms with Gasteiger partial charge in [0, 0.05) is 24.9 Å². The monoisotopic (exact) mass is 195 g/mol. The van der Waals surface area contributed by atoms with E-state index in [1.165, 1.54) is 25.8 Å². The summed E-state index contributed by atoms with van der Waals surface area (Å²) in [6, 6.07) is 0.823.